The highest BCUT2D eigenvalue weighted by atomic mass is 14.2. The molecule has 0 amide bonds. The van der Waals surface area contributed by atoms with Crippen LogP contribution in [0.5, 0.6) is 0 Å². The van der Waals surface area contributed by atoms with Crippen LogP contribution in [0.4, 0.5) is 0 Å². The minimum Gasteiger partial charge on any atom is -0.103 e. The van der Waals surface area contributed by atoms with Gasteiger partial charge in [0, 0.05) is 0 Å². The molecule has 0 bridgehead atoms. The predicted molar refractivity (Wildman–Crippen MR) is 66.5 cm³/mol. The lowest BCUT2D eigenvalue weighted by atomic mass is 9.81. The van der Waals surface area contributed by atoms with Crippen molar-refractivity contribution >= 4 is 0 Å². The quantitative estimate of drug-likeness (QED) is 0.370. The van der Waals surface area contributed by atoms with Crippen molar-refractivity contribution in [2.45, 2.75) is 66.2 Å². The SMILES string of the molecule is C=CCCCCC(C)(C)CCC(C)C. The monoisotopic (exact) mass is 196 g/mol. The summed E-state index contributed by atoms with van der Waals surface area (Å²) in [5.74, 6) is 0.849. The third-order valence-corrected chi connectivity index (χ3v) is 2.91. The van der Waals surface area contributed by atoms with Crippen LogP contribution in [0.2, 0.25) is 0 Å². The van der Waals surface area contributed by atoms with Crippen molar-refractivity contribution in [3.05, 3.63) is 12.7 Å². The van der Waals surface area contributed by atoms with E-state index in [1.165, 1.54) is 38.5 Å². The number of allylic oxidation sites excluding steroid dienone is 1. The molecular weight excluding hydrogens is 168 g/mol. The Morgan fingerprint density at radius 3 is 2.29 bits per heavy atom. The molecule has 0 rings (SSSR count). The van der Waals surface area contributed by atoms with Crippen molar-refractivity contribution in [1.29, 1.82) is 0 Å². The third kappa shape index (κ3) is 8.34. The average Bonchev–Trinajstić information content (AvgIpc) is 2.10. The zero-order valence-corrected chi connectivity index (χ0v) is 10.6. The van der Waals surface area contributed by atoms with Gasteiger partial charge in [-0.2, -0.15) is 0 Å². The van der Waals surface area contributed by atoms with E-state index < -0.39 is 0 Å². The Balaban J connectivity index is 3.55. The minimum atomic E-state index is 0.547. The van der Waals surface area contributed by atoms with Crippen molar-refractivity contribution in [2.24, 2.45) is 11.3 Å². The van der Waals surface area contributed by atoms with E-state index in [2.05, 4.69) is 34.3 Å². The van der Waals surface area contributed by atoms with Crippen LogP contribution >= 0.6 is 0 Å². The van der Waals surface area contributed by atoms with E-state index in [0.29, 0.717) is 5.41 Å². The number of hydrogen-bond acceptors (Lipinski definition) is 0. The lowest BCUT2D eigenvalue weighted by Gasteiger charge is -2.25. The smallest absolute Gasteiger partial charge is 0.0353 e. The van der Waals surface area contributed by atoms with Crippen molar-refractivity contribution in [3.63, 3.8) is 0 Å². The first-order valence-electron chi connectivity index (χ1n) is 6.09. The normalized spacial score (nSPS) is 12.1. The molecule has 0 heterocycles. The highest BCUT2D eigenvalue weighted by Crippen LogP contribution is 2.30. The van der Waals surface area contributed by atoms with Gasteiger partial charge >= 0.3 is 0 Å². The Labute approximate surface area is 90.8 Å². The van der Waals surface area contributed by atoms with Gasteiger partial charge in [-0.25, -0.2) is 0 Å². The molecule has 0 aromatic rings. The molecule has 0 atom stereocenters. The Hall–Kier alpha value is -0.260. The molecule has 0 nitrogen and oxygen atoms in total. The van der Waals surface area contributed by atoms with Crippen LogP contribution in [0, 0.1) is 11.3 Å². The molecule has 0 saturated carbocycles. The zero-order chi connectivity index (χ0) is 11.0. The van der Waals surface area contributed by atoms with Crippen LogP contribution in [0.25, 0.3) is 0 Å². The van der Waals surface area contributed by atoms with Gasteiger partial charge in [-0.3, -0.25) is 0 Å². The van der Waals surface area contributed by atoms with Gasteiger partial charge < -0.3 is 0 Å². The fourth-order valence-electron chi connectivity index (χ4n) is 1.70. The van der Waals surface area contributed by atoms with E-state index in [1.807, 2.05) is 6.08 Å². The molecule has 0 fully saturated rings. The number of rotatable bonds is 8. The van der Waals surface area contributed by atoms with Crippen molar-refractivity contribution in [2.75, 3.05) is 0 Å². The summed E-state index contributed by atoms with van der Waals surface area (Å²) < 4.78 is 0. The molecule has 0 heteroatoms. The van der Waals surface area contributed by atoms with Crippen LogP contribution in [0.3, 0.4) is 0 Å². The first-order valence-corrected chi connectivity index (χ1v) is 6.09. The van der Waals surface area contributed by atoms with Crippen LogP contribution in [-0.4, -0.2) is 0 Å². The fraction of sp³-hybridized carbons (Fsp3) is 0.857. The van der Waals surface area contributed by atoms with Crippen LogP contribution in [-0.2, 0) is 0 Å². The van der Waals surface area contributed by atoms with Crippen molar-refractivity contribution in [1.82, 2.24) is 0 Å². The molecule has 14 heavy (non-hydrogen) atoms. The summed E-state index contributed by atoms with van der Waals surface area (Å²) in [5, 5.41) is 0. The Bertz CT molecular complexity index is 142. The second-order valence-electron chi connectivity index (χ2n) is 5.63. The van der Waals surface area contributed by atoms with Gasteiger partial charge in [-0.1, -0.05) is 46.6 Å². The molecule has 0 radical (unpaired) electrons. The standard InChI is InChI=1S/C14H28/c1-6-7-8-9-11-14(4,5)12-10-13(2)3/h6,13H,1,7-12H2,2-5H3. The lowest BCUT2D eigenvalue weighted by molar-refractivity contribution is 0.272. The van der Waals surface area contributed by atoms with E-state index in [1.54, 1.807) is 0 Å². The summed E-state index contributed by atoms with van der Waals surface area (Å²) in [6.07, 6.45) is 9.99. The number of unbranched alkanes of at least 4 members (excludes halogenated alkanes) is 2. The Morgan fingerprint density at radius 2 is 1.79 bits per heavy atom. The fourth-order valence-corrected chi connectivity index (χ4v) is 1.70. The summed E-state index contributed by atoms with van der Waals surface area (Å²) >= 11 is 0. The highest BCUT2D eigenvalue weighted by Gasteiger charge is 2.17. The van der Waals surface area contributed by atoms with E-state index in [-0.39, 0.29) is 0 Å². The van der Waals surface area contributed by atoms with Gasteiger partial charge in [0.05, 0.1) is 0 Å². The van der Waals surface area contributed by atoms with Crippen LogP contribution in [0.1, 0.15) is 66.2 Å². The molecule has 0 unspecified atom stereocenters. The van der Waals surface area contributed by atoms with Gasteiger partial charge in [0.25, 0.3) is 0 Å². The summed E-state index contributed by atoms with van der Waals surface area (Å²) in [7, 11) is 0. The topological polar surface area (TPSA) is 0 Å². The molecule has 84 valence electrons. The van der Waals surface area contributed by atoms with Gasteiger partial charge in [-0.05, 0) is 37.0 Å². The predicted octanol–water partition coefficient (Wildman–Crippen LogP) is 5.20. The Morgan fingerprint density at radius 1 is 1.14 bits per heavy atom. The first-order chi connectivity index (χ1) is 6.48. The van der Waals surface area contributed by atoms with E-state index in [9.17, 15) is 0 Å². The van der Waals surface area contributed by atoms with Crippen molar-refractivity contribution < 1.29 is 0 Å². The highest BCUT2D eigenvalue weighted by molar-refractivity contribution is 4.71. The van der Waals surface area contributed by atoms with Crippen molar-refractivity contribution in [3.8, 4) is 0 Å². The number of hydrogen-bond donors (Lipinski definition) is 0. The Kier molecular flexibility index (Phi) is 6.96. The first kappa shape index (κ1) is 13.7. The molecule has 0 aliphatic carbocycles. The average molecular weight is 196 g/mol. The third-order valence-electron chi connectivity index (χ3n) is 2.91. The maximum atomic E-state index is 3.75. The lowest BCUT2D eigenvalue weighted by Crippen LogP contribution is -2.12. The van der Waals surface area contributed by atoms with Gasteiger partial charge in [0.2, 0.25) is 0 Å². The molecule has 0 aromatic heterocycles. The van der Waals surface area contributed by atoms with Crippen LogP contribution < -0.4 is 0 Å². The molecular formula is C14H28. The second-order valence-corrected chi connectivity index (χ2v) is 5.63. The molecule has 0 saturated heterocycles. The molecule has 0 spiro atoms. The van der Waals surface area contributed by atoms with E-state index in [4.69, 9.17) is 0 Å². The summed E-state index contributed by atoms with van der Waals surface area (Å²) in [5.41, 5.74) is 0.547. The summed E-state index contributed by atoms with van der Waals surface area (Å²) in [6.45, 7) is 13.2. The zero-order valence-electron chi connectivity index (χ0n) is 10.6. The summed E-state index contributed by atoms with van der Waals surface area (Å²) in [6, 6.07) is 0. The molecule has 0 aliphatic rings. The molecule has 0 N–H and O–H groups in total. The molecule has 0 aromatic carbocycles. The minimum absolute atomic E-state index is 0.547. The maximum absolute atomic E-state index is 3.75. The van der Waals surface area contributed by atoms with Crippen LogP contribution in [0.15, 0.2) is 12.7 Å². The largest absolute Gasteiger partial charge is 0.103 e. The summed E-state index contributed by atoms with van der Waals surface area (Å²) in [4.78, 5) is 0. The van der Waals surface area contributed by atoms with Gasteiger partial charge in [0.1, 0.15) is 0 Å². The molecule has 0 aliphatic heterocycles. The second kappa shape index (κ2) is 7.09. The van der Waals surface area contributed by atoms with E-state index in [0.717, 1.165) is 5.92 Å². The van der Waals surface area contributed by atoms with Gasteiger partial charge in [0.15, 0.2) is 0 Å². The van der Waals surface area contributed by atoms with E-state index >= 15 is 0 Å². The maximum Gasteiger partial charge on any atom is -0.0353 e. The van der Waals surface area contributed by atoms with Gasteiger partial charge in [-0.15, -0.1) is 6.58 Å².